The van der Waals surface area contributed by atoms with Crippen LogP contribution in [0.3, 0.4) is 0 Å². The second kappa shape index (κ2) is 9.28. The molecule has 0 fully saturated rings. The lowest BCUT2D eigenvalue weighted by Gasteiger charge is -2.05. The first-order valence-corrected chi connectivity index (χ1v) is 10.0. The lowest BCUT2D eigenvalue weighted by molar-refractivity contribution is -0.129. The molecular formula is C23H23NO2S. The van der Waals surface area contributed by atoms with Crippen LogP contribution in [-0.4, -0.2) is 11.0 Å². The Bertz CT molecular complexity index is 908. The molecule has 4 heteroatoms. The van der Waals surface area contributed by atoms with Crippen LogP contribution >= 0.6 is 11.3 Å². The van der Waals surface area contributed by atoms with Gasteiger partial charge >= 0.3 is 5.97 Å². The molecule has 0 unspecified atom stereocenters. The average molecular weight is 378 g/mol. The number of benzene rings is 2. The molecule has 2 aromatic carbocycles. The van der Waals surface area contributed by atoms with Gasteiger partial charge < -0.3 is 4.74 Å². The molecule has 0 saturated heterocycles. The molecular weight excluding hydrogens is 354 g/mol. The van der Waals surface area contributed by atoms with Crippen molar-refractivity contribution in [2.45, 2.75) is 33.1 Å². The second-order valence-corrected chi connectivity index (χ2v) is 7.37. The van der Waals surface area contributed by atoms with Gasteiger partial charge in [0, 0.05) is 22.7 Å². The molecule has 0 radical (unpaired) electrons. The summed E-state index contributed by atoms with van der Waals surface area (Å²) in [6, 6.07) is 16.0. The maximum Gasteiger partial charge on any atom is 0.335 e. The minimum Gasteiger partial charge on any atom is -0.423 e. The Morgan fingerprint density at radius 3 is 2.30 bits per heavy atom. The van der Waals surface area contributed by atoms with Gasteiger partial charge in [0.15, 0.2) is 0 Å². The van der Waals surface area contributed by atoms with Crippen LogP contribution in [-0.2, 0) is 11.2 Å². The number of aromatic nitrogens is 1. The van der Waals surface area contributed by atoms with Gasteiger partial charge in [-0.25, -0.2) is 9.78 Å². The van der Waals surface area contributed by atoms with Crippen LogP contribution in [0.4, 0.5) is 0 Å². The molecule has 0 bridgehead atoms. The largest absolute Gasteiger partial charge is 0.423 e. The molecule has 3 nitrogen and oxygen atoms in total. The minimum absolute atomic E-state index is 0.364. The van der Waals surface area contributed by atoms with Crippen LogP contribution in [0.1, 0.15) is 31.6 Å². The maximum absolute atomic E-state index is 11.5. The number of thiazole rings is 1. The summed E-state index contributed by atoms with van der Waals surface area (Å²) in [6.07, 6.45) is 8.58. The first-order chi connectivity index (χ1) is 13.2. The lowest BCUT2D eigenvalue weighted by atomic mass is 10.0. The van der Waals surface area contributed by atoms with Crippen molar-refractivity contribution >= 4 is 17.3 Å². The normalized spacial score (nSPS) is 11.0. The van der Waals surface area contributed by atoms with Crippen molar-refractivity contribution in [3.8, 4) is 27.4 Å². The van der Waals surface area contributed by atoms with Gasteiger partial charge in [0.2, 0.25) is 0 Å². The van der Waals surface area contributed by atoms with Gasteiger partial charge in [-0.2, -0.15) is 0 Å². The molecule has 1 heterocycles. The average Bonchev–Trinajstić information content (AvgIpc) is 3.16. The Balaban J connectivity index is 1.69. The van der Waals surface area contributed by atoms with Gasteiger partial charge in [-0.3, -0.25) is 0 Å². The molecule has 27 heavy (non-hydrogen) atoms. The Kier molecular flexibility index (Phi) is 6.55. The number of nitrogens with zero attached hydrogens (tertiary/aromatic N) is 1. The van der Waals surface area contributed by atoms with E-state index >= 15 is 0 Å². The van der Waals surface area contributed by atoms with Crippen molar-refractivity contribution in [1.82, 2.24) is 4.98 Å². The summed E-state index contributed by atoms with van der Waals surface area (Å²) in [4.78, 5) is 17.4. The number of aryl methyl sites for hydroxylation is 1. The van der Waals surface area contributed by atoms with E-state index in [1.54, 1.807) is 24.3 Å². The first kappa shape index (κ1) is 19.1. The summed E-state index contributed by atoms with van der Waals surface area (Å²) in [5.41, 5.74) is 3.34. The summed E-state index contributed by atoms with van der Waals surface area (Å²) >= 11 is 1.77. The zero-order valence-corrected chi connectivity index (χ0v) is 16.5. The van der Waals surface area contributed by atoms with Crippen molar-refractivity contribution in [3.05, 3.63) is 71.8 Å². The predicted octanol–water partition coefficient (Wildman–Crippen LogP) is 6.30. The fourth-order valence-corrected chi connectivity index (χ4v) is 3.67. The first-order valence-electron chi connectivity index (χ1n) is 9.19. The van der Waals surface area contributed by atoms with Gasteiger partial charge in [0.25, 0.3) is 0 Å². The number of hydrogen-bond donors (Lipinski definition) is 0. The Morgan fingerprint density at radius 1 is 1.04 bits per heavy atom. The number of ether oxygens (including phenoxy) is 1. The zero-order chi connectivity index (χ0) is 19.1. The fraction of sp³-hybridized carbons (Fsp3) is 0.217. The smallest absolute Gasteiger partial charge is 0.335 e. The van der Waals surface area contributed by atoms with E-state index in [9.17, 15) is 4.79 Å². The Morgan fingerprint density at radius 2 is 1.67 bits per heavy atom. The number of unbranched alkanes of at least 4 members (excludes halogenated alkanes) is 1. The monoisotopic (exact) mass is 377 g/mol. The zero-order valence-electron chi connectivity index (χ0n) is 15.6. The van der Waals surface area contributed by atoms with Crippen molar-refractivity contribution in [3.63, 3.8) is 0 Å². The van der Waals surface area contributed by atoms with E-state index in [1.165, 1.54) is 23.8 Å². The molecule has 3 aromatic rings. The van der Waals surface area contributed by atoms with Gasteiger partial charge in [-0.05, 0) is 43.0 Å². The molecule has 0 aliphatic rings. The summed E-state index contributed by atoms with van der Waals surface area (Å²) in [6.45, 7) is 3.99. The van der Waals surface area contributed by atoms with Crippen LogP contribution in [0.5, 0.6) is 5.75 Å². The van der Waals surface area contributed by atoms with E-state index in [4.69, 9.17) is 4.74 Å². The molecule has 0 saturated carbocycles. The third kappa shape index (κ3) is 5.14. The van der Waals surface area contributed by atoms with Crippen molar-refractivity contribution < 1.29 is 9.53 Å². The van der Waals surface area contributed by atoms with Crippen LogP contribution in [0.25, 0.3) is 21.7 Å². The minimum atomic E-state index is -0.364. The summed E-state index contributed by atoms with van der Waals surface area (Å²) in [5, 5.41) is 1.07. The van der Waals surface area contributed by atoms with Crippen molar-refractivity contribution in [1.29, 1.82) is 0 Å². The topological polar surface area (TPSA) is 39.2 Å². The highest BCUT2D eigenvalue weighted by Crippen LogP contribution is 2.29. The van der Waals surface area contributed by atoms with Crippen LogP contribution in [0.15, 0.2) is 66.9 Å². The number of esters is 1. The highest BCUT2D eigenvalue weighted by Gasteiger charge is 2.06. The Hall–Kier alpha value is -2.72. The van der Waals surface area contributed by atoms with E-state index in [2.05, 4.69) is 36.2 Å². The predicted molar refractivity (Wildman–Crippen MR) is 112 cm³/mol. The van der Waals surface area contributed by atoms with E-state index in [-0.39, 0.29) is 5.97 Å². The van der Waals surface area contributed by atoms with E-state index < -0.39 is 0 Å². The third-order valence-corrected chi connectivity index (χ3v) is 5.28. The molecule has 3 rings (SSSR count). The Labute approximate surface area is 164 Å². The standard InChI is InChI=1S/C23H23NO2S/c1-3-5-7-21-16-24-23(27-21)19-10-8-17(9-11-19)18-12-14-20(15-13-18)26-22(25)6-4-2/h4,6,8-16H,3,5,7H2,1-2H3. The summed E-state index contributed by atoms with van der Waals surface area (Å²) in [5.74, 6) is 0.178. The van der Waals surface area contributed by atoms with Crippen LogP contribution in [0, 0.1) is 0 Å². The molecule has 0 atom stereocenters. The third-order valence-electron chi connectivity index (χ3n) is 4.17. The van der Waals surface area contributed by atoms with Crippen molar-refractivity contribution in [2.75, 3.05) is 0 Å². The SMILES string of the molecule is CC=CC(=O)Oc1ccc(-c2ccc(-c3ncc(CCCC)s3)cc2)cc1. The molecule has 0 amide bonds. The van der Waals surface area contributed by atoms with Gasteiger partial charge in [-0.15, -0.1) is 11.3 Å². The quantitative estimate of drug-likeness (QED) is 0.275. The molecule has 0 aliphatic carbocycles. The number of carbonyl (C=O) groups is 1. The highest BCUT2D eigenvalue weighted by atomic mass is 32.1. The highest BCUT2D eigenvalue weighted by molar-refractivity contribution is 7.15. The van der Waals surface area contributed by atoms with Gasteiger partial charge in [-0.1, -0.05) is 55.8 Å². The molecule has 138 valence electrons. The van der Waals surface area contributed by atoms with E-state index in [1.807, 2.05) is 30.5 Å². The van der Waals surface area contributed by atoms with Crippen molar-refractivity contribution in [2.24, 2.45) is 0 Å². The maximum atomic E-state index is 11.5. The molecule has 0 aliphatic heterocycles. The number of allylic oxidation sites excluding steroid dienone is 1. The fourth-order valence-electron chi connectivity index (χ4n) is 2.71. The summed E-state index contributed by atoms with van der Waals surface area (Å²) < 4.78 is 5.22. The van der Waals surface area contributed by atoms with E-state index in [0.717, 1.165) is 28.1 Å². The number of carbonyl (C=O) groups excluding carboxylic acids is 1. The lowest BCUT2D eigenvalue weighted by Crippen LogP contribution is -2.03. The van der Waals surface area contributed by atoms with Crippen LogP contribution < -0.4 is 4.74 Å². The van der Waals surface area contributed by atoms with E-state index in [0.29, 0.717) is 5.75 Å². The van der Waals surface area contributed by atoms with Gasteiger partial charge in [0.05, 0.1) is 0 Å². The number of rotatable bonds is 7. The van der Waals surface area contributed by atoms with Gasteiger partial charge in [0.1, 0.15) is 10.8 Å². The summed E-state index contributed by atoms with van der Waals surface area (Å²) in [7, 11) is 0. The molecule has 0 N–H and O–H groups in total. The molecule has 0 spiro atoms. The van der Waals surface area contributed by atoms with Crippen LogP contribution in [0.2, 0.25) is 0 Å². The molecule has 1 aromatic heterocycles. The second-order valence-electron chi connectivity index (χ2n) is 6.26. The number of hydrogen-bond acceptors (Lipinski definition) is 4.